The van der Waals surface area contributed by atoms with Crippen LogP contribution in [0.15, 0.2) is 77.3 Å². The Bertz CT molecular complexity index is 1190. The molecule has 0 aliphatic heterocycles. The molecule has 0 saturated carbocycles. The van der Waals surface area contributed by atoms with Crippen molar-refractivity contribution in [1.82, 2.24) is 19.9 Å². The Morgan fingerprint density at radius 2 is 2.13 bits per heavy atom. The molecule has 0 atom stereocenters. The molecule has 0 aliphatic rings. The zero-order valence-electron chi connectivity index (χ0n) is 16.3. The smallest absolute Gasteiger partial charge is 0.268 e. The summed E-state index contributed by atoms with van der Waals surface area (Å²) in [7, 11) is 0. The Kier molecular flexibility index (Phi) is 6.98. The second kappa shape index (κ2) is 9.85. The Morgan fingerprint density at radius 3 is 2.84 bits per heavy atom. The molecule has 2 heterocycles. The number of hydrogen-bond acceptors (Lipinski definition) is 7. The highest BCUT2D eigenvalue weighted by molar-refractivity contribution is 9.10. The predicted octanol–water partition coefficient (Wildman–Crippen LogP) is 3.45. The first-order valence-electron chi connectivity index (χ1n) is 9.12. The van der Waals surface area contributed by atoms with E-state index in [-0.39, 0.29) is 17.3 Å². The van der Waals surface area contributed by atoms with Gasteiger partial charge >= 0.3 is 0 Å². The summed E-state index contributed by atoms with van der Waals surface area (Å²) in [5.74, 6) is 0.499. The SMILES string of the molecule is C=C/C(=C\C=C(/N)NCCNc1cc(-c2ccccc2F)nc2c(Br)cnn12)[N+](=O)[O-]. The molecule has 2 aromatic heterocycles. The van der Waals surface area contributed by atoms with E-state index in [0.717, 1.165) is 6.08 Å². The van der Waals surface area contributed by atoms with Gasteiger partial charge in [0.25, 0.3) is 5.70 Å². The third kappa shape index (κ3) is 5.25. The molecule has 0 saturated heterocycles. The van der Waals surface area contributed by atoms with Crippen LogP contribution in [0.3, 0.4) is 0 Å². The van der Waals surface area contributed by atoms with Crippen LogP contribution in [0, 0.1) is 15.9 Å². The van der Waals surface area contributed by atoms with Crippen molar-refractivity contribution in [3.63, 3.8) is 0 Å². The molecule has 4 N–H and O–H groups in total. The molecule has 1 aromatic carbocycles. The van der Waals surface area contributed by atoms with Gasteiger partial charge in [-0.3, -0.25) is 10.1 Å². The van der Waals surface area contributed by atoms with E-state index in [4.69, 9.17) is 5.73 Å². The van der Waals surface area contributed by atoms with E-state index < -0.39 is 4.92 Å². The summed E-state index contributed by atoms with van der Waals surface area (Å²) in [4.78, 5) is 14.7. The van der Waals surface area contributed by atoms with Gasteiger partial charge < -0.3 is 16.4 Å². The summed E-state index contributed by atoms with van der Waals surface area (Å²) in [5, 5.41) is 21.2. The van der Waals surface area contributed by atoms with Crippen molar-refractivity contribution < 1.29 is 9.31 Å². The lowest BCUT2D eigenvalue weighted by atomic mass is 10.1. The number of nitro groups is 1. The van der Waals surface area contributed by atoms with Crippen LogP contribution in [0.25, 0.3) is 16.9 Å². The second-order valence-corrected chi connectivity index (χ2v) is 7.12. The van der Waals surface area contributed by atoms with Crippen molar-refractivity contribution >= 4 is 27.4 Å². The maximum absolute atomic E-state index is 14.3. The van der Waals surface area contributed by atoms with Gasteiger partial charge in [-0.25, -0.2) is 9.37 Å². The molecular formula is C20H19BrFN7O2. The number of nitrogens with one attached hydrogen (secondary N) is 2. The van der Waals surface area contributed by atoms with Crippen molar-refractivity contribution in [3.05, 3.63) is 93.3 Å². The fourth-order valence-electron chi connectivity index (χ4n) is 2.70. The van der Waals surface area contributed by atoms with Gasteiger partial charge in [0.1, 0.15) is 11.6 Å². The third-order valence-electron chi connectivity index (χ3n) is 4.19. The number of allylic oxidation sites excluding steroid dienone is 3. The number of nitrogens with zero attached hydrogens (tertiary/aromatic N) is 4. The monoisotopic (exact) mass is 487 g/mol. The van der Waals surface area contributed by atoms with E-state index in [2.05, 4.69) is 43.2 Å². The minimum atomic E-state index is -0.553. The fourth-order valence-corrected chi connectivity index (χ4v) is 3.05. The molecule has 11 heteroatoms. The number of hydrogen-bond donors (Lipinski definition) is 3. The van der Waals surface area contributed by atoms with Crippen LogP contribution in [-0.2, 0) is 0 Å². The van der Waals surface area contributed by atoms with Crippen molar-refractivity contribution in [2.24, 2.45) is 5.73 Å². The number of anilines is 1. The lowest BCUT2D eigenvalue weighted by Crippen LogP contribution is -2.26. The highest BCUT2D eigenvalue weighted by atomic mass is 79.9. The maximum Gasteiger partial charge on any atom is 0.268 e. The van der Waals surface area contributed by atoms with Gasteiger partial charge in [0.15, 0.2) is 5.65 Å². The van der Waals surface area contributed by atoms with E-state index >= 15 is 0 Å². The fraction of sp³-hybridized carbons (Fsp3) is 0.100. The van der Waals surface area contributed by atoms with E-state index in [9.17, 15) is 14.5 Å². The Hall–Kier alpha value is -3.73. The van der Waals surface area contributed by atoms with Crippen LogP contribution in [-0.4, -0.2) is 32.6 Å². The van der Waals surface area contributed by atoms with Gasteiger partial charge in [-0.1, -0.05) is 18.7 Å². The standard InChI is InChI=1S/C20H19BrFN7O2/c1-2-13(29(30)31)7-8-18(23)24-9-10-25-19-11-17(14-5-3-4-6-16(14)22)27-20-15(21)12-26-28(19)20/h2-8,11-12,24-25H,1,9-10,23H2/b13-7+,18-8+. The summed E-state index contributed by atoms with van der Waals surface area (Å²) in [6, 6.07) is 8.11. The molecule has 0 aliphatic carbocycles. The summed E-state index contributed by atoms with van der Waals surface area (Å²) in [6.07, 6.45) is 5.40. The molecule has 31 heavy (non-hydrogen) atoms. The van der Waals surface area contributed by atoms with Gasteiger partial charge in [0.2, 0.25) is 0 Å². The molecule has 0 fully saturated rings. The Labute approximate surface area is 185 Å². The van der Waals surface area contributed by atoms with Gasteiger partial charge in [0, 0.05) is 36.9 Å². The highest BCUT2D eigenvalue weighted by Gasteiger charge is 2.13. The quantitative estimate of drug-likeness (QED) is 0.183. The van der Waals surface area contributed by atoms with Gasteiger partial charge in [0.05, 0.1) is 27.1 Å². The van der Waals surface area contributed by atoms with Crippen LogP contribution >= 0.6 is 15.9 Å². The normalized spacial score (nSPS) is 12.1. The molecule has 0 amide bonds. The van der Waals surface area contributed by atoms with Crippen LogP contribution < -0.4 is 16.4 Å². The van der Waals surface area contributed by atoms with E-state index in [0.29, 0.717) is 40.3 Å². The summed E-state index contributed by atoms with van der Waals surface area (Å²) < 4.78 is 16.5. The number of nitrogens with two attached hydrogens (primary N) is 1. The zero-order valence-corrected chi connectivity index (χ0v) is 17.8. The average Bonchev–Trinajstić information content (AvgIpc) is 3.12. The first-order valence-corrected chi connectivity index (χ1v) is 9.91. The number of fused-ring (bicyclic) bond motifs is 1. The van der Waals surface area contributed by atoms with Gasteiger partial charge in [-0.2, -0.15) is 9.61 Å². The zero-order chi connectivity index (χ0) is 22.4. The summed E-state index contributed by atoms with van der Waals surface area (Å²) >= 11 is 3.41. The van der Waals surface area contributed by atoms with Crippen LogP contribution in [0.4, 0.5) is 10.2 Å². The van der Waals surface area contributed by atoms with Crippen molar-refractivity contribution in [3.8, 4) is 11.3 Å². The minimum absolute atomic E-state index is 0.160. The molecule has 160 valence electrons. The minimum Gasteiger partial charge on any atom is -0.386 e. The number of aromatic nitrogens is 3. The molecule has 0 radical (unpaired) electrons. The second-order valence-electron chi connectivity index (χ2n) is 6.26. The molecule has 3 rings (SSSR count). The number of benzene rings is 1. The molecule has 9 nitrogen and oxygen atoms in total. The lowest BCUT2D eigenvalue weighted by Gasteiger charge is -2.12. The van der Waals surface area contributed by atoms with E-state index in [1.807, 2.05) is 0 Å². The van der Waals surface area contributed by atoms with Crippen LogP contribution in [0.2, 0.25) is 0 Å². The molecule has 0 unspecified atom stereocenters. The summed E-state index contributed by atoms with van der Waals surface area (Å²) in [5.41, 5.74) is 7.03. The molecule has 3 aromatic rings. The van der Waals surface area contributed by atoms with E-state index in [1.54, 1.807) is 35.0 Å². The Balaban J connectivity index is 1.74. The first-order chi connectivity index (χ1) is 14.9. The highest BCUT2D eigenvalue weighted by Crippen LogP contribution is 2.27. The van der Waals surface area contributed by atoms with Crippen LogP contribution in [0.1, 0.15) is 0 Å². The number of rotatable bonds is 9. The summed E-state index contributed by atoms with van der Waals surface area (Å²) in [6.45, 7) is 4.24. The van der Waals surface area contributed by atoms with Gasteiger partial charge in [-0.05, 0) is 34.1 Å². The average molecular weight is 488 g/mol. The topological polar surface area (TPSA) is 123 Å². The van der Waals surface area contributed by atoms with Crippen molar-refractivity contribution in [1.29, 1.82) is 0 Å². The first kappa shape index (κ1) is 22.0. The maximum atomic E-state index is 14.3. The largest absolute Gasteiger partial charge is 0.386 e. The Morgan fingerprint density at radius 1 is 1.35 bits per heavy atom. The molecular weight excluding hydrogens is 469 g/mol. The van der Waals surface area contributed by atoms with Crippen molar-refractivity contribution in [2.75, 3.05) is 18.4 Å². The van der Waals surface area contributed by atoms with Gasteiger partial charge in [-0.15, -0.1) is 0 Å². The predicted molar refractivity (Wildman–Crippen MR) is 120 cm³/mol. The number of halogens is 2. The third-order valence-corrected chi connectivity index (χ3v) is 4.75. The molecule has 0 spiro atoms. The van der Waals surface area contributed by atoms with E-state index in [1.165, 1.54) is 18.2 Å². The lowest BCUT2D eigenvalue weighted by molar-refractivity contribution is -0.418. The van der Waals surface area contributed by atoms with Crippen LogP contribution in [0.5, 0.6) is 0 Å². The molecule has 0 bridgehead atoms. The van der Waals surface area contributed by atoms with Crippen molar-refractivity contribution in [2.45, 2.75) is 0 Å².